The maximum atomic E-state index is 12.0. The molecule has 2 aromatic rings. The Kier molecular flexibility index (Phi) is 4.75. The Morgan fingerprint density at radius 3 is 2.96 bits per heavy atom. The number of nitrogens with one attached hydrogen (secondary N) is 1. The average molecular weight is 366 g/mol. The highest BCUT2D eigenvalue weighted by atomic mass is 35.5. The fourth-order valence-electron chi connectivity index (χ4n) is 2.41. The van der Waals surface area contributed by atoms with E-state index in [9.17, 15) is 9.59 Å². The van der Waals surface area contributed by atoms with Gasteiger partial charge >= 0.3 is 12.1 Å². The monoisotopic (exact) mass is 365 g/mol. The molecule has 3 N–H and O–H groups in total. The van der Waals surface area contributed by atoms with Crippen LogP contribution in [0, 0.1) is 0 Å². The maximum Gasteiger partial charge on any atom is 0.414 e. The van der Waals surface area contributed by atoms with Crippen LogP contribution >= 0.6 is 11.6 Å². The fourth-order valence-corrected chi connectivity index (χ4v) is 2.66. The van der Waals surface area contributed by atoms with Crippen LogP contribution < -0.4 is 16.0 Å². The lowest BCUT2D eigenvalue weighted by atomic mass is 10.2. The summed E-state index contributed by atoms with van der Waals surface area (Å²) in [4.78, 5) is 28.4. The smallest absolute Gasteiger partial charge is 0.414 e. The van der Waals surface area contributed by atoms with Gasteiger partial charge in [-0.05, 0) is 18.2 Å². The summed E-state index contributed by atoms with van der Waals surface area (Å²) in [5.41, 5.74) is 6.16. The predicted octanol–water partition coefficient (Wildman–Crippen LogP) is 1.95. The highest BCUT2D eigenvalue weighted by Crippen LogP contribution is 2.32. The number of amides is 3. The molecule has 1 aromatic carbocycles. The average Bonchev–Trinajstić information content (AvgIpc) is 3.19. The van der Waals surface area contributed by atoms with Crippen molar-refractivity contribution in [2.24, 2.45) is 5.73 Å². The van der Waals surface area contributed by atoms with Gasteiger partial charge in [0.2, 0.25) is 0 Å². The van der Waals surface area contributed by atoms with E-state index in [1.165, 1.54) is 4.90 Å². The van der Waals surface area contributed by atoms with Crippen LogP contribution in [-0.4, -0.2) is 41.5 Å². The lowest BCUT2D eigenvalue weighted by molar-refractivity contribution is 0.141. The summed E-state index contributed by atoms with van der Waals surface area (Å²) in [7, 11) is 0. The quantitative estimate of drug-likeness (QED) is 0.834. The number of hydrogen-bond acceptors (Lipinski definition) is 6. The summed E-state index contributed by atoms with van der Waals surface area (Å²) in [6.45, 7) is 2.34. The van der Waals surface area contributed by atoms with Crippen molar-refractivity contribution in [2.75, 3.05) is 18.0 Å². The summed E-state index contributed by atoms with van der Waals surface area (Å²) in [6.07, 6.45) is -0.354. The van der Waals surface area contributed by atoms with E-state index in [0.717, 1.165) is 0 Å². The number of aromatic nitrogens is 2. The predicted molar refractivity (Wildman–Crippen MR) is 89.3 cm³/mol. The van der Waals surface area contributed by atoms with Crippen LogP contribution in [-0.2, 0) is 11.2 Å². The van der Waals surface area contributed by atoms with Gasteiger partial charge in [0.05, 0.1) is 23.7 Å². The molecule has 1 aliphatic heterocycles. The Morgan fingerprint density at radius 2 is 2.32 bits per heavy atom. The summed E-state index contributed by atoms with van der Waals surface area (Å²) in [5, 5.41) is 6.62. The molecular formula is C15H16ClN5O4. The summed E-state index contributed by atoms with van der Waals surface area (Å²) in [6, 6.07) is 4.36. The van der Waals surface area contributed by atoms with E-state index in [-0.39, 0.29) is 13.1 Å². The first-order chi connectivity index (χ1) is 12.0. The van der Waals surface area contributed by atoms with E-state index in [1.54, 1.807) is 18.2 Å². The van der Waals surface area contributed by atoms with Crippen LogP contribution in [0.25, 0.3) is 11.5 Å². The molecule has 0 aliphatic carbocycles. The Bertz CT molecular complexity index is 809. The molecule has 9 nitrogen and oxygen atoms in total. The number of urea groups is 1. The van der Waals surface area contributed by atoms with Gasteiger partial charge in [0.1, 0.15) is 6.10 Å². The molecule has 0 radical (unpaired) electrons. The molecule has 1 aromatic heterocycles. The number of rotatable bonds is 5. The van der Waals surface area contributed by atoms with Crippen molar-refractivity contribution < 1.29 is 18.8 Å². The third-order valence-corrected chi connectivity index (χ3v) is 3.97. The molecule has 10 heteroatoms. The van der Waals surface area contributed by atoms with Gasteiger partial charge < -0.3 is 20.3 Å². The van der Waals surface area contributed by atoms with Crippen molar-refractivity contribution >= 4 is 29.4 Å². The van der Waals surface area contributed by atoms with Crippen molar-refractivity contribution in [1.29, 1.82) is 0 Å². The van der Waals surface area contributed by atoms with Crippen LogP contribution in [0.4, 0.5) is 15.3 Å². The highest BCUT2D eigenvalue weighted by molar-refractivity contribution is 6.33. The second-order valence-corrected chi connectivity index (χ2v) is 5.80. The number of aryl methyl sites for hydroxylation is 1. The van der Waals surface area contributed by atoms with E-state index in [4.69, 9.17) is 26.6 Å². The molecule has 0 spiro atoms. The van der Waals surface area contributed by atoms with Crippen LogP contribution in [0.5, 0.6) is 0 Å². The minimum Gasteiger partial charge on any atom is -0.442 e. The van der Waals surface area contributed by atoms with Crippen molar-refractivity contribution in [2.45, 2.75) is 19.4 Å². The van der Waals surface area contributed by atoms with Crippen LogP contribution in [0.2, 0.25) is 5.02 Å². The Morgan fingerprint density at radius 1 is 1.52 bits per heavy atom. The van der Waals surface area contributed by atoms with Gasteiger partial charge in [0.15, 0.2) is 5.82 Å². The third-order valence-electron chi connectivity index (χ3n) is 3.66. The standard InChI is InChI=1S/C15H16ClN5O4/c1-2-12-19-13(25-20-12)10-4-3-8(5-11(10)16)21-7-9(24-15(21)23)6-18-14(17)22/h3-5,9H,2,6-7H2,1H3,(H3,17,18,22). The molecule has 132 valence electrons. The zero-order chi connectivity index (χ0) is 18.0. The molecule has 2 heterocycles. The molecule has 0 bridgehead atoms. The van der Waals surface area contributed by atoms with Gasteiger partial charge in [-0.15, -0.1) is 0 Å². The molecule has 0 saturated carbocycles. The topological polar surface area (TPSA) is 124 Å². The second kappa shape index (κ2) is 6.98. The number of carbonyl (C=O) groups excluding carboxylic acids is 2. The van der Waals surface area contributed by atoms with Crippen molar-refractivity contribution in [3.05, 3.63) is 29.0 Å². The molecule has 1 unspecified atom stereocenters. The molecule has 1 aliphatic rings. The number of anilines is 1. The maximum absolute atomic E-state index is 12.0. The van der Waals surface area contributed by atoms with Crippen molar-refractivity contribution in [3.63, 3.8) is 0 Å². The van der Waals surface area contributed by atoms with Gasteiger partial charge in [-0.2, -0.15) is 4.98 Å². The lowest BCUT2D eigenvalue weighted by Crippen LogP contribution is -2.37. The first-order valence-electron chi connectivity index (χ1n) is 7.62. The van der Waals surface area contributed by atoms with Gasteiger partial charge in [0, 0.05) is 12.1 Å². The van der Waals surface area contributed by atoms with Gasteiger partial charge in [-0.1, -0.05) is 23.7 Å². The van der Waals surface area contributed by atoms with E-state index < -0.39 is 18.2 Å². The Balaban J connectivity index is 1.76. The van der Waals surface area contributed by atoms with Crippen LogP contribution in [0.3, 0.4) is 0 Å². The molecule has 3 rings (SSSR count). The number of benzene rings is 1. The normalized spacial score (nSPS) is 16.8. The first kappa shape index (κ1) is 17.0. The molecule has 1 saturated heterocycles. The largest absolute Gasteiger partial charge is 0.442 e. The number of carbonyl (C=O) groups is 2. The Labute approximate surface area is 148 Å². The number of primary amides is 1. The number of halogens is 1. The van der Waals surface area contributed by atoms with E-state index in [2.05, 4.69) is 15.5 Å². The molecule has 1 atom stereocenters. The Hall–Kier alpha value is -2.81. The summed E-state index contributed by atoms with van der Waals surface area (Å²) >= 11 is 6.30. The van der Waals surface area contributed by atoms with Gasteiger partial charge in [-0.3, -0.25) is 4.90 Å². The van der Waals surface area contributed by atoms with Crippen molar-refractivity contribution in [3.8, 4) is 11.5 Å². The first-order valence-corrected chi connectivity index (χ1v) is 7.99. The van der Waals surface area contributed by atoms with Gasteiger partial charge in [-0.25, -0.2) is 9.59 Å². The van der Waals surface area contributed by atoms with Crippen LogP contribution in [0.1, 0.15) is 12.7 Å². The molecular weight excluding hydrogens is 350 g/mol. The zero-order valence-electron chi connectivity index (χ0n) is 13.4. The van der Waals surface area contributed by atoms with Gasteiger partial charge in [0.25, 0.3) is 5.89 Å². The minimum atomic E-state index is -0.673. The number of nitrogens with two attached hydrogens (primary N) is 1. The number of nitrogens with zero attached hydrogens (tertiary/aromatic N) is 3. The summed E-state index contributed by atoms with van der Waals surface area (Å²) in [5.74, 6) is 0.906. The van der Waals surface area contributed by atoms with E-state index in [1.807, 2.05) is 6.92 Å². The fraction of sp³-hybridized carbons (Fsp3) is 0.333. The van der Waals surface area contributed by atoms with E-state index in [0.29, 0.717) is 34.4 Å². The number of ether oxygens (including phenoxy) is 1. The third kappa shape index (κ3) is 3.66. The second-order valence-electron chi connectivity index (χ2n) is 5.39. The zero-order valence-corrected chi connectivity index (χ0v) is 14.1. The molecule has 3 amide bonds. The van der Waals surface area contributed by atoms with Crippen LogP contribution in [0.15, 0.2) is 22.7 Å². The SMILES string of the molecule is CCc1noc(-c2ccc(N3CC(CNC(N)=O)OC3=O)cc2Cl)n1. The number of hydrogen-bond donors (Lipinski definition) is 2. The van der Waals surface area contributed by atoms with E-state index >= 15 is 0 Å². The highest BCUT2D eigenvalue weighted by Gasteiger charge is 2.32. The van der Waals surface area contributed by atoms with Crippen molar-refractivity contribution in [1.82, 2.24) is 15.5 Å². The lowest BCUT2D eigenvalue weighted by Gasteiger charge is -2.14. The molecule has 1 fully saturated rings. The number of cyclic esters (lactones) is 1. The molecule has 25 heavy (non-hydrogen) atoms. The minimum absolute atomic E-state index is 0.144. The summed E-state index contributed by atoms with van der Waals surface area (Å²) < 4.78 is 10.4.